The van der Waals surface area contributed by atoms with Crippen LogP contribution in [0.2, 0.25) is 0 Å². The Bertz CT molecular complexity index is 358. The van der Waals surface area contributed by atoms with Crippen LogP contribution in [0.4, 0.5) is 0 Å². The summed E-state index contributed by atoms with van der Waals surface area (Å²) >= 11 is 0. The maximum Gasteiger partial charge on any atom is 0.372 e. The summed E-state index contributed by atoms with van der Waals surface area (Å²) in [6.07, 6.45) is 1.14. The molecule has 0 aliphatic rings. The molecule has 0 amide bonds. The molecule has 1 rings (SSSR count). The molecule has 0 radical (unpaired) electrons. The molecule has 5 heteroatoms. The van der Waals surface area contributed by atoms with Crippen molar-refractivity contribution in [3.63, 3.8) is 0 Å². The Morgan fingerprint density at radius 3 is 2.29 bits per heavy atom. The van der Waals surface area contributed by atoms with Crippen molar-refractivity contribution in [3.8, 4) is 0 Å². The topological polar surface area (TPSA) is 72.8 Å². The first-order valence-electron chi connectivity index (χ1n) is 4.85. The Kier molecular flexibility index (Phi) is 7.97. The monoisotopic (exact) mass is 238 g/mol. The molecule has 1 aromatic rings. The van der Waals surface area contributed by atoms with Gasteiger partial charge in [-0.25, -0.2) is 9.59 Å². The van der Waals surface area contributed by atoms with Gasteiger partial charge in [-0.3, -0.25) is 4.89 Å². The molecule has 92 valence electrons. The molecular weight excluding hydrogens is 224 g/mol. The van der Waals surface area contributed by atoms with E-state index in [-0.39, 0.29) is 5.97 Å². The Labute approximate surface area is 99.2 Å². The van der Waals surface area contributed by atoms with E-state index >= 15 is 0 Å². The molecule has 0 unspecified atom stereocenters. The van der Waals surface area contributed by atoms with Crippen LogP contribution >= 0.6 is 0 Å². The van der Waals surface area contributed by atoms with Gasteiger partial charge >= 0.3 is 11.9 Å². The van der Waals surface area contributed by atoms with E-state index in [1.165, 1.54) is 0 Å². The summed E-state index contributed by atoms with van der Waals surface area (Å²) in [5.41, 5.74) is 0.338. The van der Waals surface area contributed by atoms with Crippen LogP contribution in [0.5, 0.6) is 0 Å². The average Bonchev–Trinajstić information content (AvgIpc) is 2.39. The first-order chi connectivity index (χ1) is 8.15. The lowest BCUT2D eigenvalue weighted by Gasteiger charge is -1.92. The van der Waals surface area contributed by atoms with Crippen LogP contribution in [-0.2, 0) is 14.4 Å². The number of benzene rings is 1. The maximum atomic E-state index is 10.5. The van der Waals surface area contributed by atoms with Crippen molar-refractivity contribution in [3.05, 3.63) is 48.6 Å². The number of carbonyl (C=O) groups is 2. The van der Waals surface area contributed by atoms with Crippen LogP contribution in [0.25, 0.3) is 0 Å². The minimum absolute atomic E-state index is 0.338. The van der Waals surface area contributed by atoms with E-state index in [1.807, 2.05) is 0 Å². The Balaban J connectivity index is 0.000000325. The smallest absolute Gasteiger partial charge is 0.372 e. The van der Waals surface area contributed by atoms with Crippen molar-refractivity contribution in [2.24, 2.45) is 0 Å². The summed E-state index contributed by atoms with van der Waals surface area (Å²) in [7, 11) is 0. The molecule has 0 bridgehead atoms. The highest BCUT2D eigenvalue weighted by Crippen LogP contribution is 1.98. The molecule has 0 spiro atoms. The molecule has 0 saturated carbocycles. The normalized spacial score (nSPS) is 8.35. The number of ether oxygens (including phenoxy) is 1. The quantitative estimate of drug-likeness (QED) is 0.377. The van der Waals surface area contributed by atoms with E-state index in [1.54, 1.807) is 37.3 Å². The predicted octanol–water partition coefficient (Wildman–Crippen LogP) is 2.05. The summed E-state index contributed by atoms with van der Waals surface area (Å²) in [4.78, 5) is 24.1. The number of esters is 1. The zero-order valence-corrected chi connectivity index (χ0v) is 9.46. The molecular formula is C12H14O5. The SMILES string of the molecule is C=CC(=O)OCC.O=C(OO)c1ccccc1. The lowest BCUT2D eigenvalue weighted by Crippen LogP contribution is -2.00. The van der Waals surface area contributed by atoms with Gasteiger partial charge in [0.1, 0.15) is 0 Å². The second kappa shape index (κ2) is 9.11. The predicted molar refractivity (Wildman–Crippen MR) is 61.3 cm³/mol. The zero-order valence-electron chi connectivity index (χ0n) is 9.46. The molecule has 0 aliphatic heterocycles. The van der Waals surface area contributed by atoms with E-state index < -0.39 is 5.97 Å². The minimum Gasteiger partial charge on any atom is -0.463 e. The molecule has 0 aromatic heterocycles. The van der Waals surface area contributed by atoms with Gasteiger partial charge in [0.2, 0.25) is 0 Å². The average molecular weight is 238 g/mol. The zero-order chi connectivity index (χ0) is 13.1. The lowest BCUT2D eigenvalue weighted by atomic mass is 10.2. The second-order valence-corrected chi connectivity index (χ2v) is 2.70. The number of carbonyl (C=O) groups excluding carboxylic acids is 2. The Morgan fingerprint density at radius 2 is 1.94 bits per heavy atom. The number of hydrogen-bond acceptors (Lipinski definition) is 5. The number of rotatable bonds is 3. The van der Waals surface area contributed by atoms with Gasteiger partial charge in [-0.05, 0) is 19.1 Å². The minimum atomic E-state index is -0.736. The third kappa shape index (κ3) is 6.86. The Morgan fingerprint density at radius 1 is 1.35 bits per heavy atom. The van der Waals surface area contributed by atoms with E-state index in [0.29, 0.717) is 12.2 Å². The van der Waals surface area contributed by atoms with Crippen molar-refractivity contribution in [2.75, 3.05) is 6.61 Å². The summed E-state index contributed by atoms with van der Waals surface area (Å²) < 4.78 is 4.43. The lowest BCUT2D eigenvalue weighted by molar-refractivity contribution is -0.182. The van der Waals surface area contributed by atoms with Gasteiger partial charge in [0.05, 0.1) is 12.2 Å². The summed E-state index contributed by atoms with van der Waals surface area (Å²) in [6, 6.07) is 8.25. The fourth-order valence-corrected chi connectivity index (χ4v) is 0.828. The highest BCUT2D eigenvalue weighted by atomic mass is 17.1. The molecule has 0 heterocycles. The van der Waals surface area contributed by atoms with Crippen LogP contribution in [0.15, 0.2) is 43.0 Å². The van der Waals surface area contributed by atoms with E-state index in [2.05, 4.69) is 16.2 Å². The highest BCUT2D eigenvalue weighted by molar-refractivity contribution is 5.88. The molecule has 1 N–H and O–H groups in total. The molecule has 0 atom stereocenters. The van der Waals surface area contributed by atoms with Crippen LogP contribution in [0.1, 0.15) is 17.3 Å². The largest absolute Gasteiger partial charge is 0.463 e. The van der Waals surface area contributed by atoms with E-state index in [9.17, 15) is 9.59 Å². The first-order valence-corrected chi connectivity index (χ1v) is 4.85. The fourth-order valence-electron chi connectivity index (χ4n) is 0.828. The summed E-state index contributed by atoms with van der Waals surface area (Å²) in [6.45, 7) is 5.38. The van der Waals surface area contributed by atoms with Gasteiger partial charge in [0.15, 0.2) is 0 Å². The van der Waals surface area contributed by atoms with Crippen LogP contribution in [0, 0.1) is 0 Å². The van der Waals surface area contributed by atoms with Crippen LogP contribution in [0.3, 0.4) is 0 Å². The molecule has 5 nitrogen and oxygen atoms in total. The van der Waals surface area contributed by atoms with Gasteiger partial charge < -0.3 is 4.74 Å². The third-order valence-electron chi connectivity index (χ3n) is 1.55. The maximum absolute atomic E-state index is 10.5. The fraction of sp³-hybridized carbons (Fsp3) is 0.167. The summed E-state index contributed by atoms with van der Waals surface area (Å²) in [5.74, 6) is -1.09. The summed E-state index contributed by atoms with van der Waals surface area (Å²) in [5, 5.41) is 7.94. The molecule has 0 saturated heterocycles. The standard InChI is InChI=1S/C7H6O3.C5H8O2/c8-7(10-9)6-4-2-1-3-5-6;1-3-5(6)7-4-2/h1-5,9H;3H,1,4H2,2H3. The highest BCUT2D eigenvalue weighted by Gasteiger charge is 2.02. The Hall–Kier alpha value is -2.14. The first kappa shape index (κ1) is 14.9. The van der Waals surface area contributed by atoms with Gasteiger partial charge in [-0.15, -0.1) is 0 Å². The number of hydrogen-bond donors (Lipinski definition) is 1. The van der Waals surface area contributed by atoms with Crippen molar-refractivity contribution in [1.29, 1.82) is 0 Å². The third-order valence-corrected chi connectivity index (χ3v) is 1.55. The molecule has 17 heavy (non-hydrogen) atoms. The van der Waals surface area contributed by atoms with Gasteiger partial charge in [-0.2, -0.15) is 5.26 Å². The van der Waals surface area contributed by atoms with E-state index in [4.69, 9.17) is 5.26 Å². The van der Waals surface area contributed by atoms with Crippen molar-refractivity contribution in [2.45, 2.75) is 6.92 Å². The molecule has 1 aromatic carbocycles. The van der Waals surface area contributed by atoms with Crippen molar-refractivity contribution in [1.82, 2.24) is 0 Å². The van der Waals surface area contributed by atoms with Gasteiger partial charge in [-0.1, -0.05) is 24.8 Å². The van der Waals surface area contributed by atoms with Crippen molar-refractivity contribution >= 4 is 11.9 Å². The molecule has 0 aliphatic carbocycles. The van der Waals surface area contributed by atoms with Gasteiger partial charge in [0, 0.05) is 6.08 Å². The second-order valence-electron chi connectivity index (χ2n) is 2.70. The van der Waals surface area contributed by atoms with Crippen LogP contribution in [-0.4, -0.2) is 23.8 Å². The molecule has 0 fully saturated rings. The van der Waals surface area contributed by atoms with E-state index in [0.717, 1.165) is 6.08 Å². The van der Waals surface area contributed by atoms with Crippen molar-refractivity contribution < 1.29 is 24.5 Å². The van der Waals surface area contributed by atoms with Gasteiger partial charge in [0.25, 0.3) is 0 Å². The van der Waals surface area contributed by atoms with Crippen LogP contribution < -0.4 is 0 Å².